The van der Waals surface area contributed by atoms with Crippen LogP contribution in [0.15, 0.2) is 12.4 Å². The maximum absolute atomic E-state index is 2.49. The van der Waals surface area contributed by atoms with E-state index in [1.165, 1.54) is 96.0 Å². The van der Waals surface area contributed by atoms with Gasteiger partial charge in [-0.25, -0.2) is 9.13 Å². The van der Waals surface area contributed by atoms with Crippen molar-refractivity contribution in [2.45, 2.75) is 117 Å². The second-order valence-electron chi connectivity index (χ2n) is 6.99. The molecule has 0 saturated carbocycles. The van der Waals surface area contributed by atoms with Gasteiger partial charge in [0.25, 0.3) is 5.82 Å². The fourth-order valence-electron chi connectivity index (χ4n) is 3.44. The Labute approximate surface area is 145 Å². The van der Waals surface area contributed by atoms with Crippen LogP contribution in [0.2, 0.25) is 0 Å². The molecule has 1 aromatic rings. The predicted octanol–water partition coefficient (Wildman–Crippen LogP) is 6.06. The van der Waals surface area contributed by atoms with Crippen molar-refractivity contribution >= 4 is 0 Å². The summed E-state index contributed by atoms with van der Waals surface area (Å²) in [5, 5.41) is 0. The lowest BCUT2D eigenvalue weighted by molar-refractivity contribution is -0.704. The smallest absolute Gasteiger partial charge is 0.234 e. The Kier molecular flexibility index (Phi) is 12.0. The topological polar surface area (TPSA) is 8.81 Å². The van der Waals surface area contributed by atoms with E-state index >= 15 is 0 Å². The molecule has 0 radical (unpaired) electrons. The van der Waals surface area contributed by atoms with Gasteiger partial charge in [-0.05, 0) is 25.7 Å². The van der Waals surface area contributed by atoms with Crippen LogP contribution in [0.4, 0.5) is 0 Å². The Bertz CT molecular complexity index is 381. The van der Waals surface area contributed by atoms with Crippen LogP contribution >= 0.6 is 0 Å². The molecule has 0 N–H and O–H groups in total. The number of nitrogens with zero attached hydrogens (tertiary/aromatic N) is 2. The highest BCUT2D eigenvalue weighted by atomic mass is 15.1. The van der Waals surface area contributed by atoms with Gasteiger partial charge >= 0.3 is 0 Å². The lowest BCUT2D eigenvalue weighted by Crippen LogP contribution is -2.37. The Balaban J connectivity index is 2.16. The van der Waals surface area contributed by atoms with E-state index in [1.54, 1.807) is 0 Å². The van der Waals surface area contributed by atoms with Crippen molar-refractivity contribution in [3.63, 3.8) is 0 Å². The zero-order valence-electron chi connectivity index (χ0n) is 16.2. The second-order valence-corrected chi connectivity index (χ2v) is 6.99. The van der Waals surface area contributed by atoms with Gasteiger partial charge in [-0.3, -0.25) is 0 Å². The van der Waals surface area contributed by atoms with E-state index in [2.05, 4.69) is 42.3 Å². The van der Waals surface area contributed by atoms with Crippen molar-refractivity contribution in [2.24, 2.45) is 0 Å². The van der Waals surface area contributed by atoms with Crippen LogP contribution in [0.1, 0.15) is 104 Å². The number of rotatable bonds is 15. The summed E-state index contributed by atoms with van der Waals surface area (Å²) in [7, 11) is 0. The van der Waals surface area contributed by atoms with Gasteiger partial charge in [0.2, 0.25) is 0 Å². The number of imidazole rings is 1. The fourth-order valence-corrected chi connectivity index (χ4v) is 3.44. The van der Waals surface area contributed by atoms with E-state index in [1.807, 2.05) is 0 Å². The third-order valence-corrected chi connectivity index (χ3v) is 4.91. The molecule has 0 amide bonds. The fraction of sp³-hybridized carbons (Fsp3) is 0.857. The Hall–Kier alpha value is -0.790. The first-order valence-electron chi connectivity index (χ1n) is 10.4. The molecule has 0 aliphatic heterocycles. The normalized spacial score (nSPS) is 11.3. The zero-order valence-corrected chi connectivity index (χ0v) is 16.2. The summed E-state index contributed by atoms with van der Waals surface area (Å²) in [6.07, 6.45) is 22.4. The molecule has 0 aliphatic rings. The third kappa shape index (κ3) is 8.58. The number of aryl methyl sites for hydroxylation is 2. The number of aromatic nitrogens is 2. The number of unbranched alkanes of at least 4 members (excludes halogenated alkanes) is 10. The van der Waals surface area contributed by atoms with Gasteiger partial charge in [0.05, 0.1) is 13.1 Å². The lowest BCUT2D eigenvalue weighted by atomic mass is 10.1. The summed E-state index contributed by atoms with van der Waals surface area (Å²) in [5.74, 6) is 1.51. The van der Waals surface area contributed by atoms with Crippen LogP contribution in [0.5, 0.6) is 0 Å². The second kappa shape index (κ2) is 13.6. The van der Waals surface area contributed by atoms with Crippen molar-refractivity contribution in [3.8, 4) is 0 Å². The number of hydrogen-bond donors (Lipinski definition) is 0. The average molecular weight is 322 g/mol. The van der Waals surface area contributed by atoms with E-state index in [0.29, 0.717) is 0 Å². The molecule has 1 aromatic heterocycles. The summed E-state index contributed by atoms with van der Waals surface area (Å²) in [6, 6.07) is 0. The zero-order chi connectivity index (χ0) is 16.8. The van der Waals surface area contributed by atoms with Gasteiger partial charge < -0.3 is 0 Å². The highest BCUT2D eigenvalue weighted by Crippen LogP contribution is 2.10. The Morgan fingerprint density at radius 2 is 1.30 bits per heavy atom. The molecule has 0 fully saturated rings. The molecule has 2 heteroatoms. The van der Waals surface area contributed by atoms with E-state index in [4.69, 9.17) is 0 Å². The Morgan fingerprint density at radius 3 is 1.91 bits per heavy atom. The maximum Gasteiger partial charge on any atom is 0.256 e. The summed E-state index contributed by atoms with van der Waals surface area (Å²) in [5.41, 5.74) is 0. The molecule has 0 unspecified atom stereocenters. The van der Waals surface area contributed by atoms with Crippen molar-refractivity contribution in [3.05, 3.63) is 18.2 Å². The highest BCUT2D eigenvalue weighted by molar-refractivity contribution is 4.83. The van der Waals surface area contributed by atoms with Crippen molar-refractivity contribution in [1.29, 1.82) is 0 Å². The summed E-state index contributed by atoms with van der Waals surface area (Å²) >= 11 is 0. The molecule has 1 heterocycles. The molecular weight excluding hydrogens is 280 g/mol. The van der Waals surface area contributed by atoms with Gasteiger partial charge in [-0.2, -0.15) is 0 Å². The van der Waals surface area contributed by atoms with Gasteiger partial charge in [0.1, 0.15) is 12.4 Å². The van der Waals surface area contributed by atoms with Crippen LogP contribution in [-0.2, 0) is 19.5 Å². The molecule has 0 spiro atoms. The van der Waals surface area contributed by atoms with Crippen LogP contribution in [0, 0.1) is 0 Å². The minimum absolute atomic E-state index is 1.15. The number of hydrogen-bond acceptors (Lipinski definition) is 0. The standard InChI is InChI=1S/C21H41N2/c1-4-7-9-10-11-12-13-14-16-18-23-20-19-22(21(23)6-3)17-15-8-5-2/h19-20H,4-18H2,1-3H3/q+1. The lowest BCUT2D eigenvalue weighted by Gasteiger charge is -2.04. The molecule has 0 atom stereocenters. The monoisotopic (exact) mass is 321 g/mol. The van der Waals surface area contributed by atoms with Crippen LogP contribution < -0.4 is 4.57 Å². The highest BCUT2D eigenvalue weighted by Gasteiger charge is 2.14. The molecule has 134 valence electrons. The largest absolute Gasteiger partial charge is 0.256 e. The van der Waals surface area contributed by atoms with E-state index < -0.39 is 0 Å². The minimum Gasteiger partial charge on any atom is -0.234 e. The van der Waals surface area contributed by atoms with Gasteiger partial charge in [-0.15, -0.1) is 0 Å². The molecular formula is C21H41N2+. The first-order chi connectivity index (χ1) is 11.3. The Morgan fingerprint density at radius 1 is 0.739 bits per heavy atom. The quantitative estimate of drug-likeness (QED) is 0.274. The van der Waals surface area contributed by atoms with E-state index in [0.717, 1.165) is 6.42 Å². The van der Waals surface area contributed by atoms with Gasteiger partial charge in [-0.1, -0.05) is 72.1 Å². The summed E-state index contributed by atoms with van der Waals surface area (Å²) in [6.45, 7) is 9.26. The van der Waals surface area contributed by atoms with Gasteiger partial charge in [0.15, 0.2) is 0 Å². The molecule has 23 heavy (non-hydrogen) atoms. The third-order valence-electron chi connectivity index (χ3n) is 4.91. The minimum atomic E-state index is 1.15. The van der Waals surface area contributed by atoms with Crippen molar-refractivity contribution in [1.82, 2.24) is 4.57 Å². The predicted molar refractivity (Wildman–Crippen MR) is 101 cm³/mol. The van der Waals surface area contributed by atoms with Crippen LogP contribution in [0.25, 0.3) is 0 Å². The first kappa shape index (κ1) is 20.3. The van der Waals surface area contributed by atoms with Crippen molar-refractivity contribution < 1.29 is 4.57 Å². The molecule has 1 rings (SSSR count). The SMILES string of the molecule is CCCCCCCCCCCn1cc[n+](CCCCC)c1CC. The molecule has 0 bridgehead atoms. The first-order valence-corrected chi connectivity index (χ1v) is 10.4. The molecule has 0 aromatic carbocycles. The van der Waals surface area contributed by atoms with Crippen LogP contribution in [-0.4, -0.2) is 4.57 Å². The summed E-state index contributed by atoms with van der Waals surface area (Å²) in [4.78, 5) is 0. The average Bonchev–Trinajstić information content (AvgIpc) is 2.95. The van der Waals surface area contributed by atoms with Crippen LogP contribution in [0.3, 0.4) is 0 Å². The molecule has 0 saturated heterocycles. The molecule has 2 nitrogen and oxygen atoms in total. The van der Waals surface area contributed by atoms with Crippen molar-refractivity contribution in [2.75, 3.05) is 0 Å². The maximum atomic E-state index is 2.49. The van der Waals surface area contributed by atoms with E-state index in [9.17, 15) is 0 Å². The summed E-state index contributed by atoms with van der Waals surface area (Å²) < 4.78 is 4.97. The van der Waals surface area contributed by atoms with Gasteiger partial charge in [0, 0.05) is 6.42 Å². The van der Waals surface area contributed by atoms with E-state index in [-0.39, 0.29) is 0 Å². The molecule has 0 aliphatic carbocycles.